The molecule has 1 fully saturated rings. The molecular weight excluding hydrogens is 340 g/mol. The van der Waals surface area contributed by atoms with E-state index in [1.165, 1.54) is 32.4 Å². The fourth-order valence-electron chi connectivity index (χ4n) is 0.802. The van der Waals surface area contributed by atoms with Crippen molar-refractivity contribution in [2.75, 3.05) is 13.1 Å². The Balaban J connectivity index is 0.000000187. The van der Waals surface area contributed by atoms with Crippen LogP contribution in [0.5, 0.6) is 0 Å². The Kier molecular flexibility index (Phi) is 10.5. The number of hydrogen-bond donors (Lipinski definition) is 1. The summed E-state index contributed by atoms with van der Waals surface area (Å²) in [6.45, 7) is 2.50. The summed E-state index contributed by atoms with van der Waals surface area (Å²) in [7, 11) is 9.75. The molecule has 1 aliphatic heterocycles. The second-order valence-corrected chi connectivity index (χ2v) is 5.14. The van der Waals surface area contributed by atoms with E-state index >= 15 is 0 Å². The molecule has 0 aromatic heterocycles. The van der Waals surface area contributed by atoms with Crippen LogP contribution in [0.15, 0.2) is 0 Å². The number of nitrogens with one attached hydrogen (secondary N) is 1. The van der Waals surface area contributed by atoms with E-state index < -0.39 is 16.5 Å². The van der Waals surface area contributed by atoms with Crippen molar-refractivity contribution in [3.63, 3.8) is 0 Å². The third kappa shape index (κ3) is 9.23. The number of halogens is 2. The van der Waals surface area contributed by atoms with Gasteiger partial charge < -0.3 is 5.32 Å². The molecule has 0 aromatic rings. The van der Waals surface area contributed by atoms with Crippen LogP contribution in [0.1, 0.15) is 19.3 Å². The van der Waals surface area contributed by atoms with Crippen molar-refractivity contribution in [1.29, 1.82) is 0 Å². The van der Waals surface area contributed by atoms with Crippen LogP contribution in [-0.4, -0.2) is 13.1 Å². The Labute approximate surface area is 72.9 Å². The molecule has 0 bridgehead atoms. The maximum atomic E-state index is 4.88. The van der Waals surface area contributed by atoms with Gasteiger partial charge in [-0.15, -0.1) is 0 Å². The average Bonchev–Trinajstić information content (AvgIpc) is 1.93. The monoisotopic (exact) mass is 350 g/mol. The standard InChI is InChI=1S/C5H11N.2ClH.Pt/c1-2-4-6-5-3-1;;;/h6H,1-5H2;2*1H;/q;;;+2/p-2. The van der Waals surface area contributed by atoms with E-state index in [1.54, 1.807) is 0 Å². The van der Waals surface area contributed by atoms with Crippen molar-refractivity contribution in [2.24, 2.45) is 0 Å². The summed E-state index contributed by atoms with van der Waals surface area (Å²) in [6.07, 6.45) is 4.22. The number of hydrogen-bond acceptors (Lipinski definition) is 1. The zero-order valence-corrected chi connectivity index (χ0v) is 8.89. The third-order valence-electron chi connectivity index (χ3n) is 1.21. The second kappa shape index (κ2) is 9.23. The Morgan fingerprint density at radius 2 is 1.44 bits per heavy atom. The van der Waals surface area contributed by atoms with Crippen LogP contribution < -0.4 is 5.32 Å². The molecule has 1 N–H and O–H groups in total. The van der Waals surface area contributed by atoms with Crippen molar-refractivity contribution >= 4 is 18.8 Å². The summed E-state index contributed by atoms with van der Waals surface area (Å²) in [5.74, 6) is 0. The van der Waals surface area contributed by atoms with Gasteiger partial charge in [0.1, 0.15) is 0 Å². The first kappa shape index (κ1) is 10.2. The van der Waals surface area contributed by atoms with Gasteiger partial charge in [0.15, 0.2) is 0 Å². The van der Waals surface area contributed by atoms with E-state index in [2.05, 4.69) is 5.32 Å². The summed E-state index contributed by atoms with van der Waals surface area (Å²) in [5.41, 5.74) is 0. The van der Waals surface area contributed by atoms with E-state index in [0.29, 0.717) is 0 Å². The van der Waals surface area contributed by atoms with E-state index in [1.807, 2.05) is 0 Å². The van der Waals surface area contributed by atoms with Gasteiger partial charge in [-0.25, -0.2) is 0 Å². The normalized spacial score (nSPS) is 18.4. The van der Waals surface area contributed by atoms with Gasteiger partial charge in [0.05, 0.1) is 0 Å². The Hall–Kier alpha value is 1.23. The molecule has 0 amide bonds. The van der Waals surface area contributed by atoms with Crippen LogP contribution >= 0.6 is 18.8 Å². The molecule has 1 nitrogen and oxygen atoms in total. The Morgan fingerprint density at radius 1 is 1.00 bits per heavy atom. The van der Waals surface area contributed by atoms with E-state index in [0.717, 1.165) is 0 Å². The van der Waals surface area contributed by atoms with Crippen LogP contribution in [0.2, 0.25) is 0 Å². The first-order valence-corrected chi connectivity index (χ1v) is 8.58. The molecule has 0 unspecified atom stereocenters. The van der Waals surface area contributed by atoms with Gasteiger partial charge in [-0.2, -0.15) is 0 Å². The molecule has 4 heteroatoms. The summed E-state index contributed by atoms with van der Waals surface area (Å²) in [4.78, 5) is 0. The zero-order valence-electron chi connectivity index (χ0n) is 5.11. The molecule has 60 valence electrons. The fraction of sp³-hybridized carbons (Fsp3) is 1.00. The predicted molar refractivity (Wildman–Crippen MR) is 38.4 cm³/mol. The SMILES string of the molecule is C1CCNCC1.[Cl][Pt][Cl]. The summed E-state index contributed by atoms with van der Waals surface area (Å²) >= 11 is -0.472. The average molecular weight is 351 g/mol. The van der Waals surface area contributed by atoms with Gasteiger partial charge in [0, 0.05) is 0 Å². The molecule has 9 heavy (non-hydrogen) atoms. The van der Waals surface area contributed by atoms with Crippen molar-refractivity contribution < 1.29 is 16.5 Å². The minimum atomic E-state index is -0.472. The van der Waals surface area contributed by atoms with E-state index in [-0.39, 0.29) is 0 Å². The molecule has 0 aliphatic carbocycles. The van der Waals surface area contributed by atoms with Crippen molar-refractivity contribution in [3.05, 3.63) is 0 Å². The molecular formula is C5H11Cl2NPt. The molecule has 0 atom stereocenters. The van der Waals surface area contributed by atoms with Crippen LogP contribution in [0.25, 0.3) is 0 Å². The number of rotatable bonds is 0. The maximum absolute atomic E-state index is 4.88. The number of piperidine rings is 1. The van der Waals surface area contributed by atoms with E-state index in [9.17, 15) is 0 Å². The summed E-state index contributed by atoms with van der Waals surface area (Å²) in [6, 6.07) is 0. The van der Waals surface area contributed by atoms with Gasteiger partial charge in [-0.3, -0.25) is 0 Å². The molecule has 0 saturated carbocycles. The molecule has 1 heterocycles. The van der Waals surface area contributed by atoms with E-state index in [4.69, 9.17) is 18.8 Å². The third-order valence-corrected chi connectivity index (χ3v) is 1.21. The quantitative estimate of drug-likeness (QED) is 0.705. The van der Waals surface area contributed by atoms with Crippen molar-refractivity contribution in [2.45, 2.75) is 19.3 Å². The molecule has 1 rings (SSSR count). The van der Waals surface area contributed by atoms with Crippen LogP contribution in [0, 0.1) is 0 Å². The zero-order chi connectivity index (χ0) is 6.95. The second-order valence-electron chi connectivity index (χ2n) is 1.86. The van der Waals surface area contributed by atoms with Gasteiger partial charge in [0.25, 0.3) is 0 Å². The van der Waals surface area contributed by atoms with Crippen LogP contribution in [0.3, 0.4) is 0 Å². The van der Waals surface area contributed by atoms with Gasteiger partial charge in [-0.05, 0) is 25.9 Å². The first-order chi connectivity index (χ1) is 4.41. The molecule has 0 radical (unpaired) electrons. The molecule has 1 aliphatic rings. The van der Waals surface area contributed by atoms with Crippen molar-refractivity contribution in [1.82, 2.24) is 5.32 Å². The minimum absolute atomic E-state index is 0.472. The fourth-order valence-corrected chi connectivity index (χ4v) is 0.802. The van der Waals surface area contributed by atoms with Crippen LogP contribution in [0.4, 0.5) is 0 Å². The Bertz CT molecular complexity index is 38.7. The van der Waals surface area contributed by atoms with Gasteiger partial charge in [0.2, 0.25) is 0 Å². The summed E-state index contributed by atoms with van der Waals surface area (Å²) < 4.78 is 0. The van der Waals surface area contributed by atoms with Crippen molar-refractivity contribution in [3.8, 4) is 0 Å². The Morgan fingerprint density at radius 3 is 1.56 bits per heavy atom. The first-order valence-electron chi connectivity index (χ1n) is 2.95. The van der Waals surface area contributed by atoms with Gasteiger partial charge >= 0.3 is 35.3 Å². The predicted octanol–water partition coefficient (Wildman–Crippen LogP) is 2.14. The van der Waals surface area contributed by atoms with Gasteiger partial charge in [-0.1, -0.05) is 6.42 Å². The topological polar surface area (TPSA) is 12.0 Å². The summed E-state index contributed by atoms with van der Waals surface area (Å²) in [5, 5.41) is 3.28. The molecule has 0 aromatic carbocycles. The van der Waals surface area contributed by atoms with Crippen LogP contribution in [-0.2, 0) is 16.5 Å². The molecule has 0 spiro atoms. The molecule has 1 saturated heterocycles.